The molecule has 3 rings (SSSR count). The third-order valence-electron chi connectivity index (χ3n) is 3.20. The Balaban J connectivity index is 1.64. The van der Waals surface area contributed by atoms with Crippen LogP contribution in [0.25, 0.3) is 11.0 Å². The molecule has 4 nitrogen and oxygen atoms in total. The first-order chi connectivity index (χ1) is 8.42. The lowest BCUT2D eigenvalue weighted by atomic mass is 10.1. The zero-order valence-corrected chi connectivity index (χ0v) is 9.85. The number of imidazole rings is 1. The van der Waals surface area contributed by atoms with Crippen LogP contribution in [-0.4, -0.2) is 34.7 Å². The van der Waals surface area contributed by atoms with E-state index in [1.165, 1.54) is 19.3 Å². The third-order valence-corrected chi connectivity index (χ3v) is 3.20. The van der Waals surface area contributed by atoms with Gasteiger partial charge in [-0.25, -0.2) is 0 Å². The minimum absolute atomic E-state index is 0.622. The molecule has 0 unspecified atom stereocenters. The van der Waals surface area contributed by atoms with Gasteiger partial charge in [0.2, 0.25) is 0 Å². The average molecular weight is 231 g/mol. The van der Waals surface area contributed by atoms with E-state index in [-0.39, 0.29) is 0 Å². The van der Waals surface area contributed by atoms with Crippen LogP contribution >= 0.6 is 0 Å². The highest BCUT2D eigenvalue weighted by Gasteiger charge is 2.11. The zero-order chi connectivity index (χ0) is 11.5. The second kappa shape index (κ2) is 4.75. The molecule has 90 valence electrons. The molecule has 0 atom stereocenters. The van der Waals surface area contributed by atoms with Gasteiger partial charge in [0.15, 0.2) is 0 Å². The summed E-state index contributed by atoms with van der Waals surface area (Å²) in [4.78, 5) is 9.90. The summed E-state index contributed by atoms with van der Waals surface area (Å²) in [6.07, 6.45) is 3.91. The smallest absolute Gasteiger partial charge is 0.295 e. The van der Waals surface area contributed by atoms with Crippen molar-refractivity contribution in [3.8, 4) is 6.01 Å². The predicted octanol–water partition coefficient (Wildman–Crippen LogP) is 2.39. The number of aromatic nitrogens is 2. The molecule has 4 heteroatoms. The summed E-state index contributed by atoms with van der Waals surface area (Å²) >= 11 is 0. The minimum Gasteiger partial charge on any atom is -0.449 e. The van der Waals surface area contributed by atoms with Crippen molar-refractivity contribution in [2.45, 2.75) is 19.3 Å². The summed E-state index contributed by atoms with van der Waals surface area (Å²) in [6.45, 7) is 2.92. The fourth-order valence-corrected chi connectivity index (χ4v) is 2.24. The Labute approximate surface area is 101 Å². The Hall–Kier alpha value is -1.55. The number of hydrogen-bond donors (Lipinski definition) is 1. The number of nitrogens with one attached hydrogen (secondary N) is 1. The standard InChI is InChI=1S/C13H17N3O/c1-4-8-16(9-5-1)10-17-13-14-11-6-2-3-7-12(11)15-13/h2-3,6-7H,1,4-5,8-10H2,(H,14,15). The molecule has 1 saturated heterocycles. The molecule has 1 aromatic carbocycles. The Kier molecular flexibility index (Phi) is 2.96. The fraction of sp³-hybridized carbons (Fsp3) is 0.462. The average Bonchev–Trinajstić information content (AvgIpc) is 2.80. The Morgan fingerprint density at radius 1 is 1.18 bits per heavy atom. The van der Waals surface area contributed by atoms with Crippen LogP contribution in [0.4, 0.5) is 0 Å². The summed E-state index contributed by atoms with van der Waals surface area (Å²) in [5, 5.41) is 0. The monoisotopic (exact) mass is 231 g/mol. The number of aromatic amines is 1. The fourth-order valence-electron chi connectivity index (χ4n) is 2.24. The van der Waals surface area contributed by atoms with E-state index in [0.29, 0.717) is 12.7 Å². The maximum Gasteiger partial charge on any atom is 0.295 e. The topological polar surface area (TPSA) is 41.1 Å². The van der Waals surface area contributed by atoms with E-state index in [2.05, 4.69) is 14.9 Å². The molecule has 0 amide bonds. The number of ether oxygens (including phenoxy) is 1. The molecular formula is C13H17N3O. The van der Waals surface area contributed by atoms with E-state index in [9.17, 15) is 0 Å². The second-order valence-electron chi connectivity index (χ2n) is 4.51. The van der Waals surface area contributed by atoms with Crippen LogP contribution in [0.1, 0.15) is 19.3 Å². The minimum atomic E-state index is 0.622. The molecule has 0 radical (unpaired) electrons. The van der Waals surface area contributed by atoms with Gasteiger partial charge in [0.1, 0.15) is 6.73 Å². The van der Waals surface area contributed by atoms with Gasteiger partial charge in [-0.05, 0) is 25.0 Å². The molecule has 2 aromatic rings. The number of H-pyrrole nitrogens is 1. The first-order valence-electron chi connectivity index (χ1n) is 6.22. The maximum atomic E-state index is 5.69. The van der Waals surface area contributed by atoms with Crippen LogP contribution < -0.4 is 4.74 Å². The summed E-state index contributed by atoms with van der Waals surface area (Å²) in [5.74, 6) is 0. The SMILES string of the molecule is c1ccc2[nH]c(OCN3CCCCC3)nc2c1. The van der Waals surface area contributed by atoms with Gasteiger partial charge in [-0.15, -0.1) is 0 Å². The van der Waals surface area contributed by atoms with Gasteiger partial charge < -0.3 is 9.72 Å². The van der Waals surface area contributed by atoms with Crippen molar-refractivity contribution in [1.82, 2.24) is 14.9 Å². The number of nitrogens with zero attached hydrogens (tertiary/aromatic N) is 2. The van der Waals surface area contributed by atoms with E-state index in [1.54, 1.807) is 0 Å². The summed E-state index contributed by atoms with van der Waals surface area (Å²) in [5.41, 5.74) is 1.99. The Bertz CT molecular complexity index is 455. The molecule has 1 fully saturated rings. The van der Waals surface area contributed by atoms with Crippen LogP contribution in [0, 0.1) is 0 Å². The van der Waals surface area contributed by atoms with E-state index in [0.717, 1.165) is 24.1 Å². The van der Waals surface area contributed by atoms with Crippen LogP contribution in [0.3, 0.4) is 0 Å². The number of hydrogen-bond acceptors (Lipinski definition) is 3. The van der Waals surface area contributed by atoms with E-state index in [1.807, 2.05) is 24.3 Å². The van der Waals surface area contributed by atoms with E-state index in [4.69, 9.17) is 4.74 Å². The quantitative estimate of drug-likeness (QED) is 0.881. The third kappa shape index (κ3) is 2.42. The van der Waals surface area contributed by atoms with Gasteiger partial charge >= 0.3 is 0 Å². The van der Waals surface area contributed by atoms with Crippen molar-refractivity contribution in [1.29, 1.82) is 0 Å². The molecule has 1 aliphatic rings. The van der Waals surface area contributed by atoms with Crippen molar-refractivity contribution in [2.75, 3.05) is 19.8 Å². The Morgan fingerprint density at radius 2 is 2.00 bits per heavy atom. The first kappa shape index (κ1) is 10.6. The highest BCUT2D eigenvalue weighted by atomic mass is 16.5. The highest BCUT2D eigenvalue weighted by molar-refractivity contribution is 5.75. The van der Waals surface area contributed by atoms with Gasteiger partial charge in [-0.1, -0.05) is 18.6 Å². The van der Waals surface area contributed by atoms with Crippen LogP contribution in [0.5, 0.6) is 6.01 Å². The lowest BCUT2D eigenvalue weighted by molar-refractivity contribution is 0.0999. The number of piperidine rings is 1. The van der Waals surface area contributed by atoms with Crippen molar-refractivity contribution in [3.05, 3.63) is 24.3 Å². The molecule has 17 heavy (non-hydrogen) atoms. The molecule has 1 N–H and O–H groups in total. The van der Waals surface area contributed by atoms with Crippen molar-refractivity contribution < 1.29 is 4.74 Å². The number of para-hydroxylation sites is 2. The number of fused-ring (bicyclic) bond motifs is 1. The molecular weight excluding hydrogens is 214 g/mol. The van der Waals surface area contributed by atoms with Crippen LogP contribution in [0.15, 0.2) is 24.3 Å². The van der Waals surface area contributed by atoms with Gasteiger partial charge in [0.05, 0.1) is 11.0 Å². The van der Waals surface area contributed by atoms with Crippen LogP contribution in [-0.2, 0) is 0 Å². The van der Waals surface area contributed by atoms with Gasteiger partial charge in [0.25, 0.3) is 6.01 Å². The lowest BCUT2D eigenvalue weighted by Gasteiger charge is -2.25. The molecule has 0 aliphatic carbocycles. The molecule has 0 bridgehead atoms. The number of likely N-dealkylation sites (tertiary alicyclic amines) is 1. The lowest BCUT2D eigenvalue weighted by Crippen LogP contribution is -2.33. The van der Waals surface area contributed by atoms with E-state index >= 15 is 0 Å². The van der Waals surface area contributed by atoms with Crippen molar-refractivity contribution in [2.24, 2.45) is 0 Å². The van der Waals surface area contributed by atoms with Gasteiger partial charge in [-0.2, -0.15) is 4.98 Å². The number of benzene rings is 1. The zero-order valence-electron chi connectivity index (χ0n) is 9.85. The molecule has 2 heterocycles. The molecule has 0 spiro atoms. The van der Waals surface area contributed by atoms with E-state index < -0.39 is 0 Å². The van der Waals surface area contributed by atoms with Crippen molar-refractivity contribution in [3.63, 3.8) is 0 Å². The molecule has 1 aliphatic heterocycles. The van der Waals surface area contributed by atoms with Crippen molar-refractivity contribution >= 4 is 11.0 Å². The van der Waals surface area contributed by atoms with Crippen LogP contribution in [0.2, 0.25) is 0 Å². The normalized spacial score (nSPS) is 17.4. The predicted molar refractivity (Wildman–Crippen MR) is 67.0 cm³/mol. The summed E-state index contributed by atoms with van der Waals surface area (Å²) in [7, 11) is 0. The Morgan fingerprint density at radius 3 is 2.82 bits per heavy atom. The first-order valence-corrected chi connectivity index (χ1v) is 6.22. The molecule has 0 saturated carbocycles. The second-order valence-corrected chi connectivity index (χ2v) is 4.51. The highest BCUT2D eigenvalue weighted by Crippen LogP contribution is 2.15. The molecule has 1 aromatic heterocycles. The van der Waals surface area contributed by atoms with Gasteiger partial charge in [0, 0.05) is 13.1 Å². The largest absolute Gasteiger partial charge is 0.449 e. The number of rotatable bonds is 3. The maximum absolute atomic E-state index is 5.69. The van der Waals surface area contributed by atoms with Gasteiger partial charge in [-0.3, -0.25) is 4.90 Å². The summed E-state index contributed by atoms with van der Waals surface area (Å²) in [6, 6.07) is 8.60. The summed E-state index contributed by atoms with van der Waals surface area (Å²) < 4.78 is 5.69.